The van der Waals surface area contributed by atoms with Gasteiger partial charge in [0.1, 0.15) is 5.75 Å². The van der Waals surface area contributed by atoms with Gasteiger partial charge in [0.15, 0.2) is 5.75 Å². The summed E-state index contributed by atoms with van der Waals surface area (Å²) < 4.78 is 7.48. The summed E-state index contributed by atoms with van der Waals surface area (Å²) in [5, 5.41) is 2.37. The highest BCUT2D eigenvalue weighted by Crippen LogP contribution is 2.65. The number of rotatable bonds is 3. The van der Waals surface area contributed by atoms with Crippen LogP contribution >= 0.6 is 0 Å². The zero-order chi connectivity index (χ0) is 40.8. The highest BCUT2D eigenvalue weighted by Gasteiger charge is 2.52. The van der Waals surface area contributed by atoms with Crippen LogP contribution in [-0.4, -0.2) is 0 Å². The van der Waals surface area contributed by atoms with Crippen molar-refractivity contribution in [2.24, 2.45) is 0 Å². The number of benzene rings is 9. The zero-order valence-corrected chi connectivity index (χ0v) is 34.8. The molecule has 9 aromatic carbocycles. The third kappa shape index (κ3) is 4.42. The van der Waals surface area contributed by atoms with Crippen molar-refractivity contribution >= 4 is 27.8 Å². The Balaban J connectivity index is 1.11. The molecule has 0 radical (unpaired) electrons. The zero-order valence-electron chi connectivity index (χ0n) is 34.8. The van der Waals surface area contributed by atoms with Crippen LogP contribution in [0.2, 0.25) is 0 Å². The first kappa shape index (κ1) is 34.7. The van der Waals surface area contributed by atoms with Gasteiger partial charge in [0.2, 0.25) is 0 Å². The van der Waals surface area contributed by atoms with Crippen molar-refractivity contribution in [3.05, 3.63) is 233 Å². The number of ether oxygens (including phenoxy) is 1. The summed E-state index contributed by atoms with van der Waals surface area (Å²) in [5.41, 5.74) is 20.4. The molecule has 0 saturated carbocycles. The van der Waals surface area contributed by atoms with Crippen LogP contribution in [0.4, 0.5) is 17.1 Å². The van der Waals surface area contributed by atoms with Gasteiger partial charge in [-0.2, -0.15) is 0 Å². The van der Waals surface area contributed by atoms with Crippen molar-refractivity contribution in [3.8, 4) is 44.9 Å². The van der Waals surface area contributed by atoms with Crippen LogP contribution < -0.4 is 9.64 Å². The van der Waals surface area contributed by atoms with Crippen LogP contribution in [0.3, 0.4) is 0 Å². The number of nitrogens with zero attached hydrogens (tertiary/aromatic N) is 1. The molecule has 290 valence electrons. The van der Waals surface area contributed by atoms with E-state index in [0.717, 1.165) is 39.5 Å². The Bertz CT molecular complexity index is 3210. The average Bonchev–Trinajstić information content (AvgIpc) is 3.81. The normalized spacial score (nSPS) is 15.7. The van der Waals surface area contributed by atoms with E-state index in [9.17, 15) is 0 Å². The molecule has 0 saturated heterocycles. The third-order valence-corrected chi connectivity index (χ3v) is 14.7. The topological polar surface area (TPSA) is 12.5 Å². The maximum absolute atomic E-state index is 7.48. The lowest BCUT2D eigenvalue weighted by atomic mass is 9.65. The molecule has 1 heterocycles. The summed E-state index contributed by atoms with van der Waals surface area (Å²) in [4.78, 5) is 2.48. The van der Waals surface area contributed by atoms with E-state index >= 15 is 0 Å². The maximum Gasteiger partial charge on any atom is 0.156 e. The largest absolute Gasteiger partial charge is 0.454 e. The summed E-state index contributed by atoms with van der Waals surface area (Å²) in [6.45, 7) is 9.48. The minimum atomic E-state index is -0.606. The second kappa shape index (κ2) is 12.0. The Morgan fingerprint density at radius 3 is 1.31 bits per heavy atom. The second-order valence-electron chi connectivity index (χ2n) is 18.4. The van der Waals surface area contributed by atoms with Gasteiger partial charge in [-0.3, -0.25) is 0 Å². The molecule has 0 amide bonds. The van der Waals surface area contributed by atoms with Crippen LogP contribution in [0.5, 0.6) is 11.5 Å². The molecular weight excluding hydrogens is 739 g/mol. The van der Waals surface area contributed by atoms with Crippen molar-refractivity contribution < 1.29 is 4.74 Å². The van der Waals surface area contributed by atoms with Gasteiger partial charge in [-0.15, -0.1) is 0 Å². The van der Waals surface area contributed by atoms with Crippen molar-refractivity contribution in [3.63, 3.8) is 0 Å². The number of hydrogen-bond acceptors (Lipinski definition) is 2. The van der Waals surface area contributed by atoms with Crippen LogP contribution in [0, 0.1) is 0 Å². The Morgan fingerprint density at radius 2 is 0.770 bits per heavy atom. The Labute approximate surface area is 357 Å². The van der Waals surface area contributed by atoms with Gasteiger partial charge >= 0.3 is 0 Å². The Hall–Kier alpha value is -7.16. The molecule has 4 aliphatic rings. The van der Waals surface area contributed by atoms with Crippen molar-refractivity contribution in [1.29, 1.82) is 0 Å². The smallest absolute Gasteiger partial charge is 0.156 e. The first-order valence-electron chi connectivity index (χ1n) is 21.6. The predicted octanol–water partition coefficient (Wildman–Crippen LogP) is 15.4. The molecule has 1 spiro atoms. The molecular formula is C59H43NO. The first-order chi connectivity index (χ1) is 29.8. The molecule has 0 unspecified atom stereocenters. The lowest BCUT2D eigenvalue weighted by Crippen LogP contribution is -2.32. The highest BCUT2D eigenvalue weighted by atomic mass is 16.5. The van der Waals surface area contributed by atoms with E-state index in [4.69, 9.17) is 4.74 Å². The van der Waals surface area contributed by atoms with E-state index in [2.05, 4.69) is 221 Å². The van der Waals surface area contributed by atoms with E-state index in [1.165, 1.54) is 77.7 Å². The fourth-order valence-corrected chi connectivity index (χ4v) is 11.9. The van der Waals surface area contributed by atoms with E-state index < -0.39 is 5.41 Å². The monoisotopic (exact) mass is 781 g/mol. The molecule has 0 bridgehead atoms. The second-order valence-corrected chi connectivity index (χ2v) is 18.4. The maximum atomic E-state index is 7.48. The summed E-state index contributed by atoms with van der Waals surface area (Å²) in [7, 11) is 0. The SMILES string of the molecule is CC1(C)c2ccccc2-c2ccc(N(c3ccc4c(c3)C(C)(C)c3ccccc3-4)c3cccc4c3Oc3cc5ccccc5cc3C43c4ccccc4-c4ccccc43)cc21. The summed E-state index contributed by atoms with van der Waals surface area (Å²) >= 11 is 0. The molecule has 2 heteroatoms. The molecule has 0 aromatic heterocycles. The van der Waals surface area contributed by atoms with Gasteiger partial charge < -0.3 is 9.64 Å². The fraction of sp³-hybridized carbons (Fsp3) is 0.119. The number of hydrogen-bond donors (Lipinski definition) is 0. The minimum Gasteiger partial charge on any atom is -0.454 e. The molecule has 61 heavy (non-hydrogen) atoms. The molecule has 0 atom stereocenters. The number of anilines is 3. The van der Waals surface area contributed by atoms with E-state index in [1.54, 1.807) is 0 Å². The number of fused-ring (bicyclic) bond motifs is 16. The predicted molar refractivity (Wildman–Crippen MR) is 251 cm³/mol. The van der Waals surface area contributed by atoms with Gasteiger partial charge in [0.05, 0.1) is 11.1 Å². The molecule has 9 aromatic rings. The molecule has 2 nitrogen and oxygen atoms in total. The molecule has 1 aliphatic heterocycles. The Morgan fingerprint density at radius 1 is 0.344 bits per heavy atom. The molecule has 13 rings (SSSR count). The molecule has 3 aliphatic carbocycles. The van der Waals surface area contributed by atoms with Gasteiger partial charge in [0, 0.05) is 33.3 Å². The van der Waals surface area contributed by atoms with Gasteiger partial charge in [-0.25, -0.2) is 0 Å². The van der Waals surface area contributed by atoms with Gasteiger partial charge in [0.25, 0.3) is 0 Å². The summed E-state index contributed by atoms with van der Waals surface area (Å²) in [6.07, 6.45) is 0. The average molecular weight is 782 g/mol. The van der Waals surface area contributed by atoms with E-state index in [1.807, 2.05) is 0 Å². The van der Waals surface area contributed by atoms with Gasteiger partial charge in [-0.05, 0) is 120 Å². The van der Waals surface area contributed by atoms with Crippen LogP contribution in [0.15, 0.2) is 188 Å². The molecule has 0 fully saturated rings. The standard InChI is InChI=1S/C59H43NO/c1-57(2)46-22-11-7-18-40(46)44-30-28-38(34-51(44)57)60(39-29-31-45-41-19-8-12-23-47(41)58(3,4)52(45)35-39)54-27-15-26-50-56(54)61-55-33-37-17-6-5-16-36(37)32-53(55)59(50)48-24-13-9-20-42(48)43-21-10-14-25-49(43)59/h5-35H,1-4H3. The summed E-state index contributed by atoms with van der Waals surface area (Å²) in [5.74, 6) is 1.77. The van der Waals surface area contributed by atoms with E-state index in [0.29, 0.717) is 0 Å². The van der Waals surface area contributed by atoms with Gasteiger partial charge in [-0.1, -0.05) is 173 Å². The lowest BCUT2D eigenvalue weighted by Gasteiger charge is -2.41. The molecule has 0 N–H and O–H groups in total. The number of para-hydroxylation sites is 1. The fourth-order valence-electron chi connectivity index (χ4n) is 11.9. The Kier molecular flexibility index (Phi) is 6.81. The quantitative estimate of drug-likeness (QED) is 0.177. The van der Waals surface area contributed by atoms with Crippen molar-refractivity contribution in [2.75, 3.05) is 4.90 Å². The van der Waals surface area contributed by atoms with Crippen LogP contribution in [-0.2, 0) is 16.2 Å². The lowest BCUT2D eigenvalue weighted by molar-refractivity contribution is 0.438. The highest BCUT2D eigenvalue weighted by molar-refractivity contribution is 5.96. The van der Waals surface area contributed by atoms with E-state index in [-0.39, 0.29) is 10.8 Å². The third-order valence-electron chi connectivity index (χ3n) is 14.7. The van der Waals surface area contributed by atoms with Crippen molar-refractivity contribution in [2.45, 2.75) is 43.9 Å². The van der Waals surface area contributed by atoms with Crippen LogP contribution in [0.25, 0.3) is 44.2 Å². The first-order valence-corrected chi connectivity index (χ1v) is 21.6. The minimum absolute atomic E-state index is 0.164. The van der Waals surface area contributed by atoms with Crippen molar-refractivity contribution in [1.82, 2.24) is 0 Å². The summed E-state index contributed by atoms with van der Waals surface area (Å²) in [6, 6.07) is 70.3. The van der Waals surface area contributed by atoms with Crippen LogP contribution in [0.1, 0.15) is 72.2 Å².